The van der Waals surface area contributed by atoms with Crippen LogP contribution in [-0.4, -0.2) is 63.7 Å². The molecule has 0 aromatic carbocycles. The molecule has 0 bridgehead atoms. The molecule has 0 aliphatic carbocycles. The van der Waals surface area contributed by atoms with Gasteiger partial charge in [-0.3, -0.25) is 14.9 Å². The molecule has 0 aromatic heterocycles. The maximum atomic E-state index is 11.9. The minimum atomic E-state index is -1.57. The van der Waals surface area contributed by atoms with Crippen molar-refractivity contribution < 1.29 is 29.4 Å². The highest BCUT2D eigenvalue weighted by molar-refractivity contribution is 6.05. The number of urea groups is 1. The molecule has 1 rings (SSSR count). The predicted octanol–water partition coefficient (Wildman–Crippen LogP) is -1.73. The Balaban J connectivity index is 2.59. The predicted molar refractivity (Wildman–Crippen MR) is 65.6 cm³/mol. The Hall–Kier alpha value is -2.16. The van der Waals surface area contributed by atoms with Crippen molar-refractivity contribution >= 4 is 23.8 Å². The number of piperazine rings is 1. The number of rotatable bonds is 4. The number of aliphatic hydroxyl groups is 1. The SMILES string of the molecule is CC1(C)C(=O)NC(=O)CN1C(=O)NCCC(O)C(=O)O. The summed E-state index contributed by atoms with van der Waals surface area (Å²) in [4.78, 5) is 46.3. The molecule has 0 radical (unpaired) electrons. The van der Waals surface area contributed by atoms with Gasteiger partial charge in [0.2, 0.25) is 5.91 Å². The number of aliphatic hydroxyl groups excluding tert-OH is 1. The van der Waals surface area contributed by atoms with Crippen molar-refractivity contribution in [1.29, 1.82) is 0 Å². The summed E-state index contributed by atoms with van der Waals surface area (Å²) < 4.78 is 0. The number of hydrogen-bond donors (Lipinski definition) is 4. The Morgan fingerprint density at radius 2 is 2.05 bits per heavy atom. The van der Waals surface area contributed by atoms with E-state index in [4.69, 9.17) is 10.2 Å². The quantitative estimate of drug-likeness (QED) is 0.453. The highest BCUT2D eigenvalue weighted by Crippen LogP contribution is 2.17. The smallest absolute Gasteiger partial charge is 0.332 e. The Bertz CT molecular complexity index is 447. The number of carboxylic acids is 1. The minimum Gasteiger partial charge on any atom is -0.479 e. The molecule has 112 valence electrons. The van der Waals surface area contributed by atoms with E-state index in [9.17, 15) is 19.2 Å². The van der Waals surface area contributed by atoms with Gasteiger partial charge in [-0.1, -0.05) is 0 Å². The summed E-state index contributed by atoms with van der Waals surface area (Å²) in [6.45, 7) is 2.61. The fourth-order valence-electron chi connectivity index (χ4n) is 1.64. The van der Waals surface area contributed by atoms with Gasteiger partial charge in [-0.05, 0) is 13.8 Å². The molecule has 9 nitrogen and oxygen atoms in total. The van der Waals surface area contributed by atoms with E-state index in [-0.39, 0.29) is 19.5 Å². The van der Waals surface area contributed by atoms with Crippen LogP contribution >= 0.6 is 0 Å². The zero-order valence-electron chi connectivity index (χ0n) is 11.2. The summed E-state index contributed by atoms with van der Waals surface area (Å²) in [7, 11) is 0. The molecule has 1 atom stereocenters. The van der Waals surface area contributed by atoms with E-state index in [1.54, 1.807) is 0 Å². The summed E-state index contributed by atoms with van der Waals surface area (Å²) in [5.74, 6) is -2.56. The van der Waals surface area contributed by atoms with Crippen LogP contribution in [0.25, 0.3) is 0 Å². The lowest BCUT2D eigenvalue weighted by Crippen LogP contribution is -2.67. The van der Waals surface area contributed by atoms with E-state index < -0.39 is 35.5 Å². The highest BCUT2D eigenvalue weighted by Gasteiger charge is 2.43. The topological polar surface area (TPSA) is 136 Å². The molecule has 4 amide bonds. The summed E-state index contributed by atoms with van der Waals surface area (Å²) in [5.41, 5.74) is -1.19. The van der Waals surface area contributed by atoms with Crippen LogP contribution < -0.4 is 10.6 Å². The molecule has 1 saturated heterocycles. The number of carboxylic acid groups (broad SMARTS) is 1. The van der Waals surface area contributed by atoms with Crippen molar-refractivity contribution in [3.63, 3.8) is 0 Å². The van der Waals surface area contributed by atoms with Crippen molar-refractivity contribution in [2.75, 3.05) is 13.1 Å². The zero-order chi connectivity index (χ0) is 15.5. The van der Waals surface area contributed by atoms with Gasteiger partial charge in [0.05, 0.1) is 0 Å². The van der Waals surface area contributed by atoms with Gasteiger partial charge < -0.3 is 20.4 Å². The van der Waals surface area contributed by atoms with Crippen LogP contribution in [0.4, 0.5) is 4.79 Å². The van der Waals surface area contributed by atoms with Gasteiger partial charge in [0, 0.05) is 13.0 Å². The van der Waals surface area contributed by atoms with Crippen LogP contribution in [0.15, 0.2) is 0 Å². The van der Waals surface area contributed by atoms with Crippen LogP contribution in [-0.2, 0) is 14.4 Å². The van der Waals surface area contributed by atoms with E-state index in [0.717, 1.165) is 4.90 Å². The summed E-state index contributed by atoms with van der Waals surface area (Å²) in [5, 5.41) is 22.0. The van der Waals surface area contributed by atoms with Gasteiger partial charge in [-0.2, -0.15) is 0 Å². The number of carbonyl (C=O) groups is 4. The third-order valence-corrected chi connectivity index (χ3v) is 3.01. The average molecular weight is 287 g/mol. The van der Waals surface area contributed by atoms with Gasteiger partial charge in [0.15, 0.2) is 6.10 Å². The molecule has 20 heavy (non-hydrogen) atoms. The van der Waals surface area contributed by atoms with Crippen molar-refractivity contribution in [3.05, 3.63) is 0 Å². The monoisotopic (exact) mass is 287 g/mol. The zero-order valence-corrected chi connectivity index (χ0v) is 11.2. The third-order valence-electron chi connectivity index (χ3n) is 3.01. The van der Waals surface area contributed by atoms with E-state index in [2.05, 4.69) is 10.6 Å². The first kappa shape index (κ1) is 15.9. The molecular weight excluding hydrogens is 270 g/mol. The first-order valence-electron chi connectivity index (χ1n) is 5.97. The summed E-state index contributed by atoms with van der Waals surface area (Å²) in [6.07, 6.45) is -1.75. The molecule has 0 saturated carbocycles. The van der Waals surface area contributed by atoms with Crippen LogP contribution in [0.2, 0.25) is 0 Å². The molecule has 1 unspecified atom stereocenters. The van der Waals surface area contributed by atoms with Gasteiger partial charge in [-0.15, -0.1) is 0 Å². The first-order chi connectivity index (χ1) is 9.16. The molecule has 1 aliphatic rings. The van der Waals surface area contributed by atoms with Gasteiger partial charge in [-0.25, -0.2) is 9.59 Å². The van der Waals surface area contributed by atoms with Crippen molar-refractivity contribution in [2.45, 2.75) is 31.9 Å². The number of carbonyl (C=O) groups excluding carboxylic acids is 3. The van der Waals surface area contributed by atoms with E-state index in [1.165, 1.54) is 13.8 Å². The Labute approximate surface area is 114 Å². The minimum absolute atomic E-state index is 0.0886. The van der Waals surface area contributed by atoms with E-state index >= 15 is 0 Å². The number of amides is 4. The maximum absolute atomic E-state index is 11.9. The van der Waals surface area contributed by atoms with Gasteiger partial charge >= 0.3 is 12.0 Å². The van der Waals surface area contributed by atoms with Crippen molar-refractivity contribution in [2.24, 2.45) is 0 Å². The molecule has 4 N–H and O–H groups in total. The first-order valence-corrected chi connectivity index (χ1v) is 5.97. The fraction of sp³-hybridized carbons (Fsp3) is 0.636. The van der Waals surface area contributed by atoms with Crippen LogP contribution in [0.1, 0.15) is 20.3 Å². The normalized spacial score (nSPS) is 19.2. The van der Waals surface area contributed by atoms with Crippen molar-refractivity contribution in [1.82, 2.24) is 15.5 Å². The Kier molecular flexibility index (Phi) is 4.66. The molecule has 1 fully saturated rings. The van der Waals surface area contributed by atoms with Crippen molar-refractivity contribution in [3.8, 4) is 0 Å². The third kappa shape index (κ3) is 3.44. The number of nitrogens with one attached hydrogen (secondary N) is 2. The standard InChI is InChI=1S/C11H17N3O6/c1-11(2)9(19)13-7(16)5-14(11)10(20)12-4-3-6(15)8(17)18/h6,15H,3-5H2,1-2H3,(H,12,20)(H,17,18)(H,13,16,19). The van der Waals surface area contributed by atoms with Crippen LogP contribution in [0.5, 0.6) is 0 Å². The molecule has 9 heteroatoms. The molecule has 1 heterocycles. The lowest BCUT2D eigenvalue weighted by molar-refractivity contribution is -0.146. The lowest BCUT2D eigenvalue weighted by Gasteiger charge is -2.39. The Morgan fingerprint density at radius 3 is 2.60 bits per heavy atom. The number of imide groups is 1. The van der Waals surface area contributed by atoms with Crippen LogP contribution in [0, 0.1) is 0 Å². The number of aliphatic carboxylic acids is 1. The second kappa shape index (κ2) is 5.87. The van der Waals surface area contributed by atoms with Gasteiger partial charge in [0.1, 0.15) is 12.1 Å². The number of hydrogen-bond acceptors (Lipinski definition) is 5. The van der Waals surface area contributed by atoms with Gasteiger partial charge in [0.25, 0.3) is 5.91 Å². The summed E-state index contributed by atoms with van der Waals surface area (Å²) >= 11 is 0. The molecule has 0 aromatic rings. The van der Waals surface area contributed by atoms with E-state index in [1.807, 2.05) is 0 Å². The summed E-state index contributed by atoms with van der Waals surface area (Å²) in [6, 6.07) is -0.671. The lowest BCUT2D eigenvalue weighted by atomic mass is 9.99. The van der Waals surface area contributed by atoms with Crippen LogP contribution in [0.3, 0.4) is 0 Å². The average Bonchev–Trinajstić information content (AvgIpc) is 2.33. The fourth-order valence-corrected chi connectivity index (χ4v) is 1.64. The number of nitrogens with zero attached hydrogens (tertiary/aromatic N) is 1. The molecular formula is C11H17N3O6. The second-order valence-corrected chi connectivity index (χ2v) is 4.90. The van der Waals surface area contributed by atoms with E-state index in [0.29, 0.717) is 0 Å². The second-order valence-electron chi connectivity index (χ2n) is 4.90. The molecule has 0 spiro atoms. The Morgan fingerprint density at radius 1 is 1.45 bits per heavy atom. The largest absolute Gasteiger partial charge is 0.479 e. The highest BCUT2D eigenvalue weighted by atomic mass is 16.4. The molecule has 1 aliphatic heterocycles. The maximum Gasteiger partial charge on any atom is 0.332 e.